The van der Waals surface area contributed by atoms with Crippen LogP contribution in [0.25, 0.3) is 0 Å². The first kappa shape index (κ1) is 18.3. The standard InChI is InChI=1S/C16H22N2O5S2/c1-17(14-7-10-24(20,21)12-14)25(22,23)15-6-4-5-13(11-15)16(19)18-8-2-3-9-18/h4-6,11,14H,2-3,7-10,12H2,1H3. The lowest BCUT2D eigenvalue weighted by Gasteiger charge is -2.23. The monoisotopic (exact) mass is 386 g/mol. The molecule has 1 unspecified atom stereocenters. The summed E-state index contributed by atoms with van der Waals surface area (Å²) in [6.45, 7) is 1.38. The van der Waals surface area contributed by atoms with Crippen molar-refractivity contribution in [2.75, 3.05) is 31.6 Å². The molecule has 7 nitrogen and oxygen atoms in total. The lowest BCUT2D eigenvalue weighted by atomic mass is 10.2. The Hall–Kier alpha value is -1.45. The molecule has 138 valence electrons. The third-order valence-electron chi connectivity index (χ3n) is 4.87. The van der Waals surface area contributed by atoms with Crippen LogP contribution in [0.4, 0.5) is 0 Å². The van der Waals surface area contributed by atoms with Crippen molar-refractivity contribution in [3.05, 3.63) is 29.8 Å². The van der Waals surface area contributed by atoms with E-state index < -0.39 is 25.9 Å². The van der Waals surface area contributed by atoms with E-state index in [1.807, 2.05) is 0 Å². The molecule has 0 aliphatic carbocycles. The van der Waals surface area contributed by atoms with Gasteiger partial charge in [-0.3, -0.25) is 4.79 Å². The highest BCUT2D eigenvalue weighted by molar-refractivity contribution is 7.92. The summed E-state index contributed by atoms with van der Waals surface area (Å²) >= 11 is 0. The molecule has 0 bridgehead atoms. The van der Waals surface area contributed by atoms with Gasteiger partial charge >= 0.3 is 0 Å². The fourth-order valence-electron chi connectivity index (χ4n) is 3.32. The molecule has 1 aromatic carbocycles. The molecule has 0 N–H and O–H groups in total. The molecule has 2 heterocycles. The topological polar surface area (TPSA) is 91.8 Å². The van der Waals surface area contributed by atoms with Crippen LogP contribution in [0.2, 0.25) is 0 Å². The van der Waals surface area contributed by atoms with Crippen LogP contribution in [-0.2, 0) is 19.9 Å². The SMILES string of the molecule is CN(C1CCS(=O)(=O)C1)S(=O)(=O)c1cccc(C(=O)N2CCCC2)c1. The van der Waals surface area contributed by atoms with Gasteiger partial charge < -0.3 is 4.90 Å². The highest BCUT2D eigenvalue weighted by Crippen LogP contribution is 2.24. The molecule has 2 fully saturated rings. The Labute approximate surface area is 148 Å². The molecular weight excluding hydrogens is 364 g/mol. The van der Waals surface area contributed by atoms with E-state index in [9.17, 15) is 21.6 Å². The van der Waals surface area contributed by atoms with Crippen molar-refractivity contribution in [2.24, 2.45) is 0 Å². The molecule has 0 aromatic heterocycles. The van der Waals surface area contributed by atoms with Gasteiger partial charge in [-0.25, -0.2) is 16.8 Å². The number of carbonyl (C=O) groups excluding carboxylic acids is 1. The van der Waals surface area contributed by atoms with E-state index in [0.29, 0.717) is 25.1 Å². The Morgan fingerprint density at radius 3 is 2.52 bits per heavy atom. The maximum atomic E-state index is 12.8. The van der Waals surface area contributed by atoms with Crippen molar-refractivity contribution in [2.45, 2.75) is 30.2 Å². The highest BCUT2D eigenvalue weighted by atomic mass is 32.2. The molecule has 0 radical (unpaired) electrons. The summed E-state index contributed by atoms with van der Waals surface area (Å²) in [7, 11) is -5.64. The smallest absolute Gasteiger partial charge is 0.253 e. The van der Waals surface area contributed by atoms with Gasteiger partial charge in [-0.15, -0.1) is 0 Å². The second-order valence-electron chi connectivity index (χ2n) is 6.61. The molecule has 2 aliphatic heterocycles. The Kier molecular flexibility index (Phi) is 4.91. The zero-order valence-electron chi connectivity index (χ0n) is 14.1. The maximum absolute atomic E-state index is 12.8. The highest BCUT2D eigenvalue weighted by Gasteiger charge is 2.36. The van der Waals surface area contributed by atoms with Crippen LogP contribution in [0.5, 0.6) is 0 Å². The number of hydrogen-bond acceptors (Lipinski definition) is 5. The minimum atomic E-state index is -3.85. The number of benzene rings is 1. The Morgan fingerprint density at radius 2 is 1.92 bits per heavy atom. The van der Waals surface area contributed by atoms with Crippen LogP contribution >= 0.6 is 0 Å². The van der Waals surface area contributed by atoms with Gasteiger partial charge in [0.05, 0.1) is 16.4 Å². The van der Waals surface area contributed by atoms with Crippen molar-refractivity contribution >= 4 is 25.8 Å². The van der Waals surface area contributed by atoms with Gasteiger partial charge in [0.25, 0.3) is 5.91 Å². The number of sulfonamides is 1. The summed E-state index contributed by atoms with van der Waals surface area (Å²) < 4.78 is 50.0. The number of hydrogen-bond donors (Lipinski definition) is 0. The summed E-state index contributed by atoms with van der Waals surface area (Å²) in [4.78, 5) is 14.2. The molecule has 0 spiro atoms. The van der Waals surface area contributed by atoms with E-state index in [4.69, 9.17) is 0 Å². The number of likely N-dealkylation sites (tertiary alicyclic amines) is 1. The van der Waals surface area contributed by atoms with Gasteiger partial charge in [0.2, 0.25) is 10.0 Å². The molecule has 2 aliphatic rings. The van der Waals surface area contributed by atoms with E-state index in [-0.39, 0.29) is 22.3 Å². The summed E-state index contributed by atoms with van der Waals surface area (Å²) in [5, 5.41) is 0. The summed E-state index contributed by atoms with van der Waals surface area (Å²) in [5.41, 5.74) is 0.343. The average molecular weight is 386 g/mol. The molecule has 0 saturated carbocycles. The van der Waals surface area contributed by atoms with Crippen LogP contribution in [0, 0.1) is 0 Å². The van der Waals surface area contributed by atoms with Gasteiger partial charge in [0.1, 0.15) is 0 Å². The first-order chi connectivity index (χ1) is 11.7. The van der Waals surface area contributed by atoms with Crippen LogP contribution in [0.15, 0.2) is 29.2 Å². The number of amides is 1. The second kappa shape index (κ2) is 6.69. The van der Waals surface area contributed by atoms with E-state index in [2.05, 4.69) is 0 Å². The van der Waals surface area contributed by atoms with Gasteiger partial charge in [-0.05, 0) is 37.5 Å². The minimum absolute atomic E-state index is 0.00497. The average Bonchev–Trinajstić information content (AvgIpc) is 3.23. The normalized spacial score (nSPS) is 23.3. The fraction of sp³-hybridized carbons (Fsp3) is 0.562. The number of sulfone groups is 1. The van der Waals surface area contributed by atoms with Crippen LogP contribution in [0.3, 0.4) is 0 Å². The Balaban J connectivity index is 1.85. The Bertz CT molecular complexity index is 874. The third kappa shape index (κ3) is 3.73. The van der Waals surface area contributed by atoms with Crippen molar-refractivity contribution < 1.29 is 21.6 Å². The quantitative estimate of drug-likeness (QED) is 0.761. The van der Waals surface area contributed by atoms with Crippen molar-refractivity contribution in [1.29, 1.82) is 0 Å². The predicted molar refractivity (Wildman–Crippen MR) is 93.6 cm³/mol. The van der Waals surface area contributed by atoms with Crippen LogP contribution in [0.1, 0.15) is 29.6 Å². The molecule has 1 aromatic rings. The van der Waals surface area contributed by atoms with E-state index in [1.54, 1.807) is 17.0 Å². The summed E-state index contributed by atoms with van der Waals surface area (Å²) in [5.74, 6) is -0.319. The van der Waals surface area contributed by atoms with E-state index in [1.165, 1.54) is 19.2 Å². The number of carbonyl (C=O) groups is 1. The zero-order valence-corrected chi connectivity index (χ0v) is 15.7. The van der Waals surface area contributed by atoms with Crippen LogP contribution in [-0.4, -0.2) is 69.6 Å². The van der Waals surface area contributed by atoms with Gasteiger partial charge in [-0.2, -0.15) is 4.31 Å². The van der Waals surface area contributed by atoms with Crippen molar-refractivity contribution in [3.8, 4) is 0 Å². The number of nitrogens with zero attached hydrogens (tertiary/aromatic N) is 2. The van der Waals surface area contributed by atoms with E-state index in [0.717, 1.165) is 17.1 Å². The fourth-order valence-corrected chi connectivity index (χ4v) is 6.62. The first-order valence-electron chi connectivity index (χ1n) is 8.28. The van der Waals surface area contributed by atoms with Gasteiger partial charge in [0.15, 0.2) is 9.84 Å². The Morgan fingerprint density at radius 1 is 1.24 bits per heavy atom. The zero-order chi connectivity index (χ0) is 18.2. The molecular formula is C16H22N2O5S2. The molecule has 25 heavy (non-hydrogen) atoms. The molecule has 1 amide bonds. The summed E-state index contributed by atoms with van der Waals surface area (Å²) in [6.07, 6.45) is 2.22. The second-order valence-corrected chi connectivity index (χ2v) is 10.8. The van der Waals surface area contributed by atoms with Gasteiger partial charge in [0, 0.05) is 31.7 Å². The molecule has 1 atom stereocenters. The maximum Gasteiger partial charge on any atom is 0.253 e. The van der Waals surface area contributed by atoms with E-state index >= 15 is 0 Å². The lowest BCUT2D eigenvalue weighted by Crippen LogP contribution is -2.38. The predicted octanol–water partition coefficient (Wildman–Crippen LogP) is 0.730. The van der Waals surface area contributed by atoms with Crippen molar-refractivity contribution in [1.82, 2.24) is 9.21 Å². The molecule has 9 heteroatoms. The number of rotatable bonds is 4. The third-order valence-corrected chi connectivity index (χ3v) is 8.53. The van der Waals surface area contributed by atoms with Crippen LogP contribution < -0.4 is 0 Å². The molecule has 3 rings (SSSR count). The summed E-state index contributed by atoms with van der Waals surface area (Å²) in [6, 6.07) is 5.43. The lowest BCUT2D eigenvalue weighted by molar-refractivity contribution is 0.0792. The largest absolute Gasteiger partial charge is 0.339 e. The van der Waals surface area contributed by atoms with Gasteiger partial charge in [-0.1, -0.05) is 6.07 Å². The minimum Gasteiger partial charge on any atom is -0.339 e. The molecule has 2 saturated heterocycles. The van der Waals surface area contributed by atoms with Crippen molar-refractivity contribution in [3.63, 3.8) is 0 Å². The first-order valence-corrected chi connectivity index (χ1v) is 11.5.